The van der Waals surface area contributed by atoms with Crippen molar-refractivity contribution in [2.45, 2.75) is 24.7 Å². The molecule has 1 aliphatic heterocycles. The lowest BCUT2D eigenvalue weighted by Gasteiger charge is -2.36. The molecule has 0 amide bonds. The first-order valence-corrected chi connectivity index (χ1v) is 10.7. The predicted octanol–water partition coefficient (Wildman–Crippen LogP) is 3.92. The largest absolute Gasteiger partial charge is 0.465 e. The molecule has 1 saturated heterocycles. The molecule has 3 atom stereocenters. The highest BCUT2D eigenvalue weighted by atomic mass is 79.9. The molecule has 0 saturated carbocycles. The quantitative estimate of drug-likeness (QED) is 0.298. The van der Waals surface area contributed by atoms with Crippen LogP contribution in [0.3, 0.4) is 0 Å². The molecule has 1 aliphatic rings. The summed E-state index contributed by atoms with van der Waals surface area (Å²) in [5, 5.41) is 0. The third kappa shape index (κ3) is 5.90. The summed E-state index contributed by atoms with van der Waals surface area (Å²) in [6.07, 6.45) is -2.12. The SMILES string of the molecule is O=COCC1OCCC(OC(=O)c2ccc(Br)cc2)C1OC(=O)c1ccc(Br)cc1. The van der Waals surface area contributed by atoms with E-state index in [1.54, 1.807) is 48.5 Å². The van der Waals surface area contributed by atoms with Crippen LogP contribution in [0.15, 0.2) is 57.5 Å². The van der Waals surface area contributed by atoms with Crippen molar-refractivity contribution in [1.29, 1.82) is 0 Å². The molecule has 0 aromatic heterocycles. The van der Waals surface area contributed by atoms with E-state index in [1.165, 1.54) is 0 Å². The smallest absolute Gasteiger partial charge is 0.338 e. The highest BCUT2D eigenvalue weighted by Crippen LogP contribution is 2.24. The molecule has 1 heterocycles. The standard InChI is InChI=1S/C21H18Br2O7/c22-15-5-1-13(2-6-15)20(25)29-17-9-10-28-18(11-27-12-24)19(17)30-21(26)14-3-7-16(23)8-4-14/h1-8,12,17-19H,9-11H2. The highest BCUT2D eigenvalue weighted by Gasteiger charge is 2.40. The van der Waals surface area contributed by atoms with Gasteiger partial charge in [-0.3, -0.25) is 4.79 Å². The van der Waals surface area contributed by atoms with Crippen LogP contribution in [0.2, 0.25) is 0 Å². The fourth-order valence-electron chi connectivity index (χ4n) is 2.96. The van der Waals surface area contributed by atoms with E-state index in [4.69, 9.17) is 18.9 Å². The van der Waals surface area contributed by atoms with Crippen molar-refractivity contribution in [3.63, 3.8) is 0 Å². The fourth-order valence-corrected chi connectivity index (χ4v) is 3.49. The van der Waals surface area contributed by atoms with Gasteiger partial charge in [-0.2, -0.15) is 0 Å². The second-order valence-electron chi connectivity index (χ2n) is 6.45. The van der Waals surface area contributed by atoms with Gasteiger partial charge >= 0.3 is 11.9 Å². The van der Waals surface area contributed by atoms with Crippen molar-refractivity contribution in [3.05, 3.63) is 68.6 Å². The summed E-state index contributed by atoms with van der Waals surface area (Å²) in [4.78, 5) is 35.8. The first-order valence-electron chi connectivity index (χ1n) is 9.08. The van der Waals surface area contributed by atoms with E-state index in [9.17, 15) is 14.4 Å². The molecule has 1 fully saturated rings. The Kier molecular flexibility index (Phi) is 8.01. The van der Waals surface area contributed by atoms with Gasteiger partial charge in [-0.15, -0.1) is 0 Å². The number of halogens is 2. The number of esters is 2. The van der Waals surface area contributed by atoms with Crippen molar-refractivity contribution < 1.29 is 33.3 Å². The van der Waals surface area contributed by atoms with Crippen molar-refractivity contribution in [1.82, 2.24) is 0 Å². The van der Waals surface area contributed by atoms with E-state index < -0.39 is 30.3 Å². The van der Waals surface area contributed by atoms with Gasteiger partial charge in [-0.1, -0.05) is 31.9 Å². The number of hydrogen-bond donors (Lipinski definition) is 0. The molecule has 7 nitrogen and oxygen atoms in total. The minimum Gasteiger partial charge on any atom is -0.465 e. The molecule has 3 rings (SSSR count). The lowest BCUT2D eigenvalue weighted by Crippen LogP contribution is -2.51. The maximum Gasteiger partial charge on any atom is 0.338 e. The summed E-state index contributed by atoms with van der Waals surface area (Å²) in [5.41, 5.74) is 0.695. The molecule has 9 heteroatoms. The Morgan fingerprint density at radius 2 is 1.47 bits per heavy atom. The molecular weight excluding hydrogens is 524 g/mol. The minimum absolute atomic E-state index is 0.131. The number of carbonyl (C=O) groups excluding carboxylic acids is 3. The van der Waals surface area contributed by atoms with E-state index >= 15 is 0 Å². The van der Waals surface area contributed by atoms with Gasteiger partial charge < -0.3 is 18.9 Å². The first kappa shape index (κ1) is 22.5. The molecule has 0 spiro atoms. The Bertz CT molecular complexity index is 883. The van der Waals surface area contributed by atoms with Crippen LogP contribution in [-0.4, -0.2) is 49.9 Å². The Balaban J connectivity index is 1.77. The lowest BCUT2D eigenvalue weighted by molar-refractivity contribution is -0.163. The Labute approximate surface area is 189 Å². The van der Waals surface area contributed by atoms with Gasteiger partial charge in [0.2, 0.25) is 0 Å². The zero-order chi connectivity index (χ0) is 21.5. The van der Waals surface area contributed by atoms with E-state index in [0.717, 1.165) is 8.95 Å². The van der Waals surface area contributed by atoms with Crippen LogP contribution < -0.4 is 0 Å². The van der Waals surface area contributed by atoms with Gasteiger partial charge in [0.05, 0.1) is 17.7 Å². The van der Waals surface area contributed by atoms with Gasteiger partial charge in [-0.25, -0.2) is 9.59 Å². The van der Waals surface area contributed by atoms with Crippen LogP contribution in [0, 0.1) is 0 Å². The summed E-state index contributed by atoms with van der Waals surface area (Å²) in [7, 11) is 0. The van der Waals surface area contributed by atoms with Crippen LogP contribution in [0.1, 0.15) is 27.1 Å². The average Bonchev–Trinajstić information content (AvgIpc) is 2.74. The van der Waals surface area contributed by atoms with Crippen LogP contribution in [-0.2, 0) is 23.7 Å². The van der Waals surface area contributed by atoms with Crippen LogP contribution >= 0.6 is 31.9 Å². The molecule has 30 heavy (non-hydrogen) atoms. The summed E-state index contributed by atoms with van der Waals surface area (Å²) in [6, 6.07) is 13.4. The molecule has 2 aromatic carbocycles. The number of rotatable bonds is 7. The van der Waals surface area contributed by atoms with Crippen molar-refractivity contribution in [2.75, 3.05) is 13.2 Å². The molecule has 0 radical (unpaired) electrons. The average molecular weight is 542 g/mol. The van der Waals surface area contributed by atoms with Gasteiger partial charge in [-0.05, 0) is 48.5 Å². The van der Waals surface area contributed by atoms with Crippen LogP contribution in [0.4, 0.5) is 0 Å². The van der Waals surface area contributed by atoms with E-state index in [-0.39, 0.29) is 19.7 Å². The first-order chi connectivity index (χ1) is 14.5. The number of hydrogen-bond acceptors (Lipinski definition) is 7. The van der Waals surface area contributed by atoms with Gasteiger partial charge in [0.15, 0.2) is 6.10 Å². The maximum absolute atomic E-state index is 12.6. The molecule has 2 aromatic rings. The molecule has 0 N–H and O–H groups in total. The highest BCUT2D eigenvalue weighted by molar-refractivity contribution is 9.10. The summed E-state index contributed by atoms with van der Waals surface area (Å²) in [6.45, 7) is 0.417. The summed E-state index contributed by atoms with van der Waals surface area (Å²) < 4.78 is 23.3. The second kappa shape index (κ2) is 10.7. The molecule has 3 unspecified atom stereocenters. The number of benzene rings is 2. The normalized spacial score (nSPS) is 20.8. The fraction of sp³-hybridized carbons (Fsp3) is 0.286. The molecular formula is C21H18Br2O7. The topological polar surface area (TPSA) is 88.1 Å². The van der Waals surface area contributed by atoms with E-state index in [0.29, 0.717) is 17.5 Å². The second-order valence-corrected chi connectivity index (χ2v) is 8.29. The molecule has 0 bridgehead atoms. The summed E-state index contributed by atoms with van der Waals surface area (Å²) >= 11 is 6.63. The minimum atomic E-state index is -0.936. The predicted molar refractivity (Wildman–Crippen MR) is 113 cm³/mol. The van der Waals surface area contributed by atoms with Crippen molar-refractivity contribution in [2.24, 2.45) is 0 Å². The van der Waals surface area contributed by atoms with Gasteiger partial charge in [0, 0.05) is 15.4 Å². The van der Waals surface area contributed by atoms with E-state index in [1.807, 2.05) is 0 Å². The van der Waals surface area contributed by atoms with Gasteiger partial charge in [0.25, 0.3) is 6.47 Å². The molecule has 0 aliphatic carbocycles. The summed E-state index contributed by atoms with van der Waals surface area (Å²) in [5.74, 6) is -1.15. The maximum atomic E-state index is 12.6. The van der Waals surface area contributed by atoms with Crippen molar-refractivity contribution in [3.8, 4) is 0 Å². The number of carbonyl (C=O) groups is 3. The number of ether oxygens (including phenoxy) is 4. The van der Waals surface area contributed by atoms with Crippen LogP contribution in [0.5, 0.6) is 0 Å². The Hall–Kier alpha value is -2.23. The van der Waals surface area contributed by atoms with Crippen molar-refractivity contribution >= 4 is 50.3 Å². The van der Waals surface area contributed by atoms with E-state index in [2.05, 4.69) is 31.9 Å². The monoisotopic (exact) mass is 540 g/mol. The van der Waals surface area contributed by atoms with Crippen LogP contribution in [0.25, 0.3) is 0 Å². The zero-order valence-electron chi connectivity index (χ0n) is 15.7. The third-order valence-electron chi connectivity index (χ3n) is 4.46. The third-order valence-corrected chi connectivity index (χ3v) is 5.51. The Morgan fingerprint density at radius 1 is 0.933 bits per heavy atom. The Morgan fingerprint density at radius 3 is 2.00 bits per heavy atom. The molecule has 158 valence electrons. The lowest BCUT2D eigenvalue weighted by atomic mass is 10.0. The van der Waals surface area contributed by atoms with Gasteiger partial charge in [0.1, 0.15) is 18.8 Å². The zero-order valence-corrected chi connectivity index (χ0v) is 18.8.